The second-order valence-electron chi connectivity index (χ2n) is 5.32. The largest absolute Gasteiger partial charge is 0.489 e. The van der Waals surface area contributed by atoms with Crippen molar-refractivity contribution in [2.75, 3.05) is 32.1 Å². The van der Waals surface area contributed by atoms with Gasteiger partial charge in [0.25, 0.3) is 0 Å². The van der Waals surface area contributed by atoms with Crippen LogP contribution in [0.25, 0.3) is 0 Å². The van der Waals surface area contributed by atoms with Crippen LogP contribution < -0.4 is 15.4 Å². The lowest BCUT2D eigenvalue weighted by molar-refractivity contribution is 0.223. The van der Waals surface area contributed by atoms with Crippen molar-refractivity contribution in [3.63, 3.8) is 0 Å². The highest BCUT2D eigenvalue weighted by Gasteiger charge is 2.05. The van der Waals surface area contributed by atoms with E-state index >= 15 is 0 Å². The van der Waals surface area contributed by atoms with Crippen LogP contribution in [0.1, 0.15) is 25.3 Å². The van der Waals surface area contributed by atoms with Crippen molar-refractivity contribution in [1.29, 1.82) is 0 Å². The third-order valence-corrected chi connectivity index (χ3v) is 3.87. The number of thioether (sulfide) groups is 1. The molecule has 1 atom stereocenters. The molecule has 0 amide bonds. The molecule has 0 saturated heterocycles. The zero-order valence-electron chi connectivity index (χ0n) is 14.6. The average molecular weight is 451 g/mol. The van der Waals surface area contributed by atoms with Crippen LogP contribution in [-0.2, 0) is 0 Å². The molecule has 0 radical (unpaired) electrons. The first kappa shape index (κ1) is 22.4. The van der Waals surface area contributed by atoms with E-state index in [1.165, 1.54) is 17.7 Å². The van der Waals surface area contributed by atoms with Gasteiger partial charge in [-0.1, -0.05) is 12.1 Å². The van der Waals surface area contributed by atoms with Crippen LogP contribution >= 0.6 is 35.7 Å². The molecular weight excluding hydrogens is 421 g/mol. The minimum absolute atomic E-state index is 0. The first-order valence-electron chi connectivity index (χ1n) is 7.82. The van der Waals surface area contributed by atoms with Crippen molar-refractivity contribution >= 4 is 41.7 Å². The maximum Gasteiger partial charge on any atom is 0.191 e. The Balaban J connectivity index is 0.00000484. The maximum atomic E-state index is 5.90. The Bertz CT molecular complexity index is 457. The predicted molar refractivity (Wildman–Crippen MR) is 114 cm³/mol. The molecule has 0 spiro atoms. The van der Waals surface area contributed by atoms with E-state index in [0.29, 0.717) is 0 Å². The Morgan fingerprint density at radius 3 is 2.74 bits per heavy atom. The number of aryl methyl sites for hydroxylation is 1. The summed E-state index contributed by atoms with van der Waals surface area (Å²) < 4.78 is 5.90. The fourth-order valence-electron chi connectivity index (χ4n) is 2.00. The zero-order chi connectivity index (χ0) is 16.2. The van der Waals surface area contributed by atoms with Gasteiger partial charge >= 0.3 is 0 Å². The van der Waals surface area contributed by atoms with E-state index in [2.05, 4.69) is 47.9 Å². The maximum absolute atomic E-state index is 5.90. The number of benzene rings is 1. The molecule has 0 aromatic heterocycles. The zero-order valence-corrected chi connectivity index (χ0v) is 17.7. The van der Waals surface area contributed by atoms with Crippen molar-refractivity contribution in [2.24, 2.45) is 4.99 Å². The van der Waals surface area contributed by atoms with Crippen molar-refractivity contribution in [3.05, 3.63) is 29.8 Å². The van der Waals surface area contributed by atoms with Gasteiger partial charge < -0.3 is 15.4 Å². The minimum Gasteiger partial charge on any atom is -0.489 e. The minimum atomic E-state index is 0. The molecule has 4 nitrogen and oxygen atoms in total. The molecular formula is C17H30IN3OS. The fourth-order valence-corrected chi connectivity index (χ4v) is 2.49. The highest BCUT2D eigenvalue weighted by Crippen LogP contribution is 2.13. The third-order valence-electron chi connectivity index (χ3n) is 3.18. The third kappa shape index (κ3) is 10.7. The van der Waals surface area contributed by atoms with E-state index in [4.69, 9.17) is 4.74 Å². The molecule has 0 bridgehead atoms. The molecule has 0 aliphatic carbocycles. The van der Waals surface area contributed by atoms with E-state index in [0.717, 1.165) is 31.2 Å². The van der Waals surface area contributed by atoms with Crippen LogP contribution in [0.5, 0.6) is 5.75 Å². The van der Waals surface area contributed by atoms with Crippen molar-refractivity contribution < 1.29 is 4.74 Å². The molecule has 2 N–H and O–H groups in total. The number of unbranched alkanes of at least 4 members (excludes halogenated alkanes) is 1. The summed E-state index contributed by atoms with van der Waals surface area (Å²) in [5, 5.41) is 6.63. The SMILES string of the molecule is CN=C(NCCCCSC)NCC(C)Oc1cccc(C)c1.I. The summed E-state index contributed by atoms with van der Waals surface area (Å²) in [7, 11) is 1.79. The molecule has 0 fully saturated rings. The number of hydrogen-bond acceptors (Lipinski definition) is 3. The van der Waals surface area contributed by atoms with Crippen LogP contribution in [-0.4, -0.2) is 44.2 Å². The van der Waals surface area contributed by atoms with Crippen molar-refractivity contribution in [1.82, 2.24) is 10.6 Å². The average Bonchev–Trinajstić information content (AvgIpc) is 2.50. The van der Waals surface area contributed by atoms with Crippen molar-refractivity contribution in [3.8, 4) is 5.75 Å². The number of ether oxygens (including phenoxy) is 1. The lowest BCUT2D eigenvalue weighted by Gasteiger charge is -2.18. The number of aliphatic imine (C=N–C) groups is 1. The molecule has 0 heterocycles. The first-order chi connectivity index (χ1) is 10.7. The first-order valence-corrected chi connectivity index (χ1v) is 9.22. The second-order valence-corrected chi connectivity index (χ2v) is 6.31. The standard InChI is InChI=1S/C17H29N3OS.HI/c1-14-8-7-9-16(12-14)21-15(2)13-20-17(18-3)19-10-5-6-11-22-4;/h7-9,12,15H,5-6,10-11,13H2,1-4H3,(H2,18,19,20);1H. The predicted octanol–water partition coefficient (Wildman–Crippen LogP) is 3.69. The van der Waals surface area contributed by atoms with E-state index in [-0.39, 0.29) is 30.1 Å². The van der Waals surface area contributed by atoms with Gasteiger partial charge in [-0.25, -0.2) is 0 Å². The summed E-state index contributed by atoms with van der Waals surface area (Å²) in [4.78, 5) is 4.23. The summed E-state index contributed by atoms with van der Waals surface area (Å²) in [6.45, 7) is 5.80. The summed E-state index contributed by atoms with van der Waals surface area (Å²) in [5.41, 5.74) is 1.21. The Labute approximate surface area is 162 Å². The van der Waals surface area contributed by atoms with Gasteiger partial charge in [0, 0.05) is 13.6 Å². The van der Waals surface area contributed by atoms with Gasteiger partial charge in [-0.05, 0) is 56.4 Å². The van der Waals surface area contributed by atoms with Gasteiger partial charge in [0.2, 0.25) is 0 Å². The molecule has 0 saturated carbocycles. The molecule has 1 rings (SSSR count). The molecule has 1 aromatic carbocycles. The molecule has 1 unspecified atom stereocenters. The molecule has 6 heteroatoms. The van der Waals surface area contributed by atoms with Gasteiger partial charge in [-0.15, -0.1) is 24.0 Å². The Morgan fingerprint density at radius 2 is 2.09 bits per heavy atom. The number of guanidine groups is 1. The van der Waals surface area contributed by atoms with Crippen LogP contribution in [0.3, 0.4) is 0 Å². The number of nitrogens with zero attached hydrogens (tertiary/aromatic N) is 1. The summed E-state index contributed by atoms with van der Waals surface area (Å²) in [5.74, 6) is 2.97. The Kier molecular flexibility index (Phi) is 13.4. The van der Waals surface area contributed by atoms with Gasteiger partial charge in [-0.2, -0.15) is 11.8 Å². The number of rotatable bonds is 9. The second kappa shape index (κ2) is 13.8. The van der Waals surface area contributed by atoms with Crippen LogP contribution in [0.4, 0.5) is 0 Å². The summed E-state index contributed by atoms with van der Waals surface area (Å²) in [6.07, 6.45) is 4.62. The van der Waals surface area contributed by atoms with Gasteiger partial charge in [0.05, 0.1) is 6.54 Å². The topological polar surface area (TPSA) is 45.7 Å². The van der Waals surface area contributed by atoms with Gasteiger partial charge in [0.15, 0.2) is 5.96 Å². The Morgan fingerprint density at radius 1 is 1.30 bits per heavy atom. The lowest BCUT2D eigenvalue weighted by Crippen LogP contribution is -2.42. The molecule has 23 heavy (non-hydrogen) atoms. The normalized spacial score (nSPS) is 12.3. The summed E-state index contributed by atoms with van der Waals surface area (Å²) >= 11 is 1.89. The van der Waals surface area contributed by atoms with Crippen LogP contribution in [0.15, 0.2) is 29.3 Å². The quantitative estimate of drug-likeness (QED) is 0.260. The van der Waals surface area contributed by atoms with E-state index in [1.807, 2.05) is 23.9 Å². The van der Waals surface area contributed by atoms with E-state index < -0.39 is 0 Å². The van der Waals surface area contributed by atoms with Crippen molar-refractivity contribution in [2.45, 2.75) is 32.8 Å². The molecule has 0 aliphatic rings. The van der Waals surface area contributed by atoms with E-state index in [1.54, 1.807) is 7.05 Å². The Hall–Kier alpha value is -0.630. The lowest BCUT2D eigenvalue weighted by atomic mass is 10.2. The molecule has 1 aromatic rings. The monoisotopic (exact) mass is 451 g/mol. The van der Waals surface area contributed by atoms with E-state index in [9.17, 15) is 0 Å². The highest BCUT2D eigenvalue weighted by molar-refractivity contribution is 14.0. The number of hydrogen-bond donors (Lipinski definition) is 2. The van der Waals surface area contributed by atoms with Gasteiger partial charge in [0.1, 0.15) is 11.9 Å². The number of nitrogens with one attached hydrogen (secondary N) is 2. The summed E-state index contributed by atoms with van der Waals surface area (Å²) in [6, 6.07) is 8.12. The molecule has 0 aliphatic heterocycles. The van der Waals surface area contributed by atoms with Crippen LogP contribution in [0.2, 0.25) is 0 Å². The fraction of sp³-hybridized carbons (Fsp3) is 0.588. The number of halogens is 1. The van der Waals surface area contributed by atoms with Crippen LogP contribution in [0, 0.1) is 6.92 Å². The molecule has 132 valence electrons. The highest BCUT2D eigenvalue weighted by atomic mass is 127. The smallest absolute Gasteiger partial charge is 0.191 e. The van der Waals surface area contributed by atoms with Gasteiger partial charge in [-0.3, -0.25) is 4.99 Å².